The number of ether oxygens (including phenoxy) is 2. The number of aromatic nitrogens is 4. The number of carbonyl (C=O) groups is 1. The summed E-state index contributed by atoms with van der Waals surface area (Å²) in [5, 5.41) is 14.0. The zero-order chi connectivity index (χ0) is 27.2. The molecule has 0 radical (unpaired) electrons. The predicted molar refractivity (Wildman–Crippen MR) is 152 cm³/mol. The van der Waals surface area contributed by atoms with Crippen LogP contribution >= 0.6 is 0 Å². The van der Waals surface area contributed by atoms with Crippen molar-refractivity contribution in [2.45, 2.75) is 26.3 Å². The van der Waals surface area contributed by atoms with Gasteiger partial charge in [0.1, 0.15) is 17.3 Å². The molecule has 0 saturated carbocycles. The predicted octanol–water partition coefficient (Wildman–Crippen LogP) is 5.73. The molecule has 5 aromatic rings. The van der Waals surface area contributed by atoms with Crippen molar-refractivity contribution in [1.29, 1.82) is 0 Å². The highest BCUT2D eigenvalue weighted by Gasteiger charge is 2.13. The summed E-state index contributed by atoms with van der Waals surface area (Å²) < 4.78 is 11.2. The number of hydrogen-bond donors (Lipinski definition) is 3. The maximum atomic E-state index is 12.2. The summed E-state index contributed by atoms with van der Waals surface area (Å²) in [5.74, 6) is 2.29. The third kappa shape index (κ3) is 6.15. The standard InChI is InChI=1S/C30H30N6O3/c1-4-19(2)33-28(37)18-39-25-7-5-6-21(14-25)29-35-27-13-12-24(38-3)15-26(27)30(36-29)34-23-10-8-20(9-11-23)22-16-31-32-17-22/h5-17,19H,4,18H2,1-3H3,(H,31,32)(H,33,37)(H,34,35,36)/t19-/m0/s1. The molecular weight excluding hydrogens is 492 g/mol. The number of aromatic amines is 1. The molecule has 0 aliphatic rings. The average molecular weight is 523 g/mol. The highest BCUT2D eigenvalue weighted by molar-refractivity contribution is 5.93. The van der Waals surface area contributed by atoms with Gasteiger partial charge in [0.05, 0.1) is 18.8 Å². The maximum absolute atomic E-state index is 12.2. The van der Waals surface area contributed by atoms with Crippen LogP contribution in [0.4, 0.5) is 11.5 Å². The second-order valence-corrected chi connectivity index (χ2v) is 9.16. The Morgan fingerprint density at radius 2 is 1.82 bits per heavy atom. The molecule has 9 heteroatoms. The quantitative estimate of drug-likeness (QED) is 0.215. The Morgan fingerprint density at radius 3 is 2.56 bits per heavy atom. The van der Waals surface area contributed by atoms with Gasteiger partial charge in [-0.05, 0) is 61.4 Å². The van der Waals surface area contributed by atoms with E-state index in [1.165, 1.54) is 0 Å². The first-order valence-electron chi connectivity index (χ1n) is 12.8. The number of anilines is 2. The average Bonchev–Trinajstić information content (AvgIpc) is 3.51. The molecule has 0 fully saturated rings. The van der Waals surface area contributed by atoms with Crippen LogP contribution in [-0.4, -0.2) is 45.8 Å². The van der Waals surface area contributed by atoms with Gasteiger partial charge >= 0.3 is 0 Å². The van der Waals surface area contributed by atoms with E-state index < -0.39 is 0 Å². The Kier molecular flexibility index (Phi) is 7.68. The van der Waals surface area contributed by atoms with Crippen molar-refractivity contribution >= 4 is 28.3 Å². The van der Waals surface area contributed by atoms with E-state index in [4.69, 9.17) is 19.4 Å². The summed E-state index contributed by atoms with van der Waals surface area (Å²) in [6.07, 6.45) is 4.50. The van der Waals surface area contributed by atoms with Crippen molar-refractivity contribution in [3.63, 3.8) is 0 Å². The van der Waals surface area contributed by atoms with Crippen molar-refractivity contribution in [2.75, 3.05) is 19.0 Å². The van der Waals surface area contributed by atoms with Crippen molar-refractivity contribution in [2.24, 2.45) is 0 Å². The molecule has 1 atom stereocenters. The van der Waals surface area contributed by atoms with Gasteiger partial charge in [0, 0.05) is 34.4 Å². The lowest BCUT2D eigenvalue weighted by atomic mass is 10.1. The van der Waals surface area contributed by atoms with Crippen LogP contribution in [0.3, 0.4) is 0 Å². The van der Waals surface area contributed by atoms with E-state index in [9.17, 15) is 4.79 Å². The van der Waals surface area contributed by atoms with E-state index in [1.807, 2.05) is 86.8 Å². The van der Waals surface area contributed by atoms with E-state index in [2.05, 4.69) is 20.8 Å². The molecule has 5 rings (SSSR count). The fraction of sp³-hybridized carbons (Fsp3) is 0.200. The Morgan fingerprint density at radius 1 is 0.974 bits per heavy atom. The van der Waals surface area contributed by atoms with Crippen molar-refractivity contribution < 1.29 is 14.3 Å². The summed E-state index contributed by atoms with van der Waals surface area (Å²) in [4.78, 5) is 21.8. The molecule has 0 aliphatic heterocycles. The van der Waals surface area contributed by atoms with Crippen molar-refractivity contribution in [3.8, 4) is 34.0 Å². The SMILES string of the molecule is CC[C@H](C)NC(=O)COc1cccc(-c2nc(Nc3ccc(-c4cn[nH]c4)cc3)c3cc(OC)ccc3n2)c1. The van der Waals surface area contributed by atoms with E-state index in [0.29, 0.717) is 23.1 Å². The summed E-state index contributed by atoms with van der Waals surface area (Å²) in [6, 6.07) is 21.3. The second-order valence-electron chi connectivity index (χ2n) is 9.16. The Bertz CT molecular complexity index is 1570. The Balaban J connectivity index is 1.44. The van der Waals surface area contributed by atoms with Crippen LogP contribution in [0.5, 0.6) is 11.5 Å². The number of amides is 1. The lowest BCUT2D eigenvalue weighted by molar-refractivity contribution is -0.123. The van der Waals surface area contributed by atoms with Gasteiger partial charge in [-0.2, -0.15) is 5.10 Å². The highest BCUT2D eigenvalue weighted by atomic mass is 16.5. The first kappa shape index (κ1) is 25.7. The molecule has 0 spiro atoms. The third-order valence-electron chi connectivity index (χ3n) is 6.36. The van der Waals surface area contributed by atoms with Crippen LogP contribution in [0.25, 0.3) is 33.4 Å². The first-order chi connectivity index (χ1) is 19.0. The molecule has 0 unspecified atom stereocenters. The number of benzene rings is 3. The largest absolute Gasteiger partial charge is 0.497 e. The minimum Gasteiger partial charge on any atom is -0.497 e. The van der Waals surface area contributed by atoms with Gasteiger partial charge in [-0.25, -0.2) is 9.97 Å². The molecule has 9 nitrogen and oxygen atoms in total. The third-order valence-corrected chi connectivity index (χ3v) is 6.36. The number of rotatable bonds is 10. The number of methoxy groups -OCH3 is 1. The molecular formula is C30H30N6O3. The molecule has 39 heavy (non-hydrogen) atoms. The van der Waals surface area contributed by atoms with Gasteiger partial charge < -0.3 is 20.1 Å². The second kappa shape index (κ2) is 11.6. The molecule has 1 amide bonds. The topological polar surface area (TPSA) is 114 Å². The van der Waals surface area contributed by atoms with E-state index in [0.717, 1.165) is 39.7 Å². The zero-order valence-corrected chi connectivity index (χ0v) is 22.1. The fourth-order valence-electron chi connectivity index (χ4n) is 4.04. The van der Waals surface area contributed by atoms with E-state index in [1.54, 1.807) is 13.3 Å². The summed E-state index contributed by atoms with van der Waals surface area (Å²) in [7, 11) is 1.63. The molecule has 198 valence electrons. The number of nitrogens with zero attached hydrogens (tertiary/aromatic N) is 3. The summed E-state index contributed by atoms with van der Waals surface area (Å²) in [6.45, 7) is 3.92. The summed E-state index contributed by atoms with van der Waals surface area (Å²) in [5.41, 5.74) is 4.48. The molecule has 3 N–H and O–H groups in total. The summed E-state index contributed by atoms with van der Waals surface area (Å²) >= 11 is 0. The van der Waals surface area contributed by atoms with Crippen LogP contribution in [0, 0.1) is 0 Å². The minimum absolute atomic E-state index is 0.0617. The van der Waals surface area contributed by atoms with Crippen LogP contribution in [-0.2, 0) is 4.79 Å². The number of fused-ring (bicyclic) bond motifs is 1. The van der Waals surface area contributed by atoms with Gasteiger partial charge in [-0.1, -0.05) is 31.2 Å². The molecule has 0 bridgehead atoms. The molecule has 2 aromatic heterocycles. The highest BCUT2D eigenvalue weighted by Crippen LogP contribution is 2.31. The molecule has 3 aromatic carbocycles. The zero-order valence-electron chi connectivity index (χ0n) is 22.1. The molecule has 0 saturated heterocycles. The maximum Gasteiger partial charge on any atom is 0.258 e. The van der Waals surface area contributed by atoms with Gasteiger partial charge in [-0.15, -0.1) is 0 Å². The van der Waals surface area contributed by atoms with Crippen LogP contribution in [0.1, 0.15) is 20.3 Å². The normalized spacial score (nSPS) is 11.7. The van der Waals surface area contributed by atoms with Crippen LogP contribution in [0.2, 0.25) is 0 Å². The van der Waals surface area contributed by atoms with Gasteiger partial charge in [0.25, 0.3) is 5.91 Å². The number of H-pyrrole nitrogens is 1. The van der Waals surface area contributed by atoms with Crippen LogP contribution in [0.15, 0.2) is 79.1 Å². The molecule has 2 heterocycles. The lowest BCUT2D eigenvalue weighted by Crippen LogP contribution is -2.35. The van der Waals surface area contributed by atoms with E-state index in [-0.39, 0.29) is 18.6 Å². The fourth-order valence-corrected chi connectivity index (χ4v) is 4.04. The Hall–Kier alpha value is -4.92. The van der Waals surface area contributed by atoms with E-state index >= 15 is 0 Å². The van der Waals surface area contributed by atoms with Gasteiger partial charge in [0.15, 0.2) is 12.4 Å². The number of nitrogens with one attached hydrogen (secondary N) is 3. The Labute approximate surface area is 226 Å². The minimum atomic E-state index is -0.157. The lowest BCUT2D eigenvalue weighted by Gasteiger charge is -2.14. The monoisotopic (exact) mass is 522 g/mol. The van der Waals surface area contributed by atoms with Gasteiger partial charge in [-0.3, -0.25) is 9.89 Å². The van der Waals surface area contributed by atoms with Crippen molar-refractivity contribution in [3.05, 3.63) is 79.1 Å². The molecule has 0 aliphatic carbocycles. The van der Waals surface area contributed by atoms with Gasteiger partial charge in [0.2, 0.25) is 0 Å². The van der Waals surface area contributed by atoms with Crippen LogP contribution < -0.4 is 20.1 Å². The van der Waals surface area contributed by atoms with Crippen molar-refractivity contribution in [1.82, 2.24) is 25.5 Å². The number of hydrogen-bond acceptors (Lipinski definition) is 7. The first-order valence-corrected chi connectivity index (χ1v) is 12.8. The smallest absolute Gasteiger partial charge is 0.258 e. The number of carbonyl (C=O) groups excluding carboxylic acids is 1.